The molecule has 148 valence electrons. The van der Waals surface area contributed by atoms with Crippen LogP contribution in [0, 0.1) is 13.8 Å². The second kappa shape index (κ2) is 7.65. The molecule has 0 spiro atoms. The van der Waals surface area contributed by atoms with E-state index in [1.165, 1.54) is 7.05 Å². The molecule has 0 saturated carbocycles. The van der Waals surface area contributed by atoms with Crippen LogP contribution in [0.3, 0.4) is 0 Å². The minimum atomic E-state index is -4.75. The summed E-state index contributed by atoms with van der Waals surface area (Å²) in [6.45, 7) is 7.62. The monoisotopic (exact) mass is 421 g/mol. The van der Waals surface area contributed by atoms with Crippen LogP contribution in [0.15, 0.2) is 35.7 Å². The number of rotatable bonds is 6. The zero-order valence-electron chi connectivity index (χ0n) is 15.0. The van der Waals surface area contributed by atoms with Crippen LogP contribution in [0.2, 0.25) is 5.02 Å². The number of alkyl halides is 3. The van der Waals surface area contributed by atoms with E-state index >= 15 is 0 Å². The van der Waals surface area contributed by atoms with Crippen LogP contribution in [0.4, 0.5) is 13.2 Å². The van der Waals surface area contributed by atoms with Crippen molar-refractivity contribution in [1.29, 1.82) is 0 Å². The molecule has 1 heterocycles. The molecule has 0 aliphatic heterocycles. The normalized spacial score (nSPS) is 12.6. The molecule has 1 aromatic heterocycles. The van der Waals surface area contributed by atoms with Gasteiger partial charge in [0.15, 0.2) is 0 Å². The lowest BCUT2D eigenvalue weighted by Gasteiger charge is -2.19. The average molecular weight is 422 g/mol. The van der Waals surface area contributed by atoms with Gasteiger partial charge in [0.25, 0.3) is 0 Å². The summed E-state index contributed by atoms with van der Waals surface area (Å²) in [5.41, 5.74) is 0.905. The molecule has 27 heavy (non-hydrogen) atoms. The molecule has 5 nitrogen and oxygen atoms in total. The van der Waals surface area contributed by atoms with Gasteiger partial charge in [0.1, 0.15) is 0 Å². The quantitative estimate of drug-likeness (QED) is 0.657. The fraction of sp³-hybridized carbons (Fsp3) is 0.353. The number of halogens is 4. The molecule has 0 N–H and O–H groups in total. The van der Waals surface area contributed by atoms with Crippen molar-refractivity contribution in [2.24, 2.45) is 0 Å². The average Bonchev–Trinajstić information content (AvgIpc) is 2.82. The van der Waals surface area contributed by atoms with Crippen molar-refractivity contribution in [1.82, 2.24) is 14.1 Å². The van der Waals surface area contributed by atoms with Gasteiger partial charge in [-0.25, -0.2) is 8.42 Å². The Labute approximate surface area is 161 Å². The predicted octanol–water partition coefficient (Wildman–Crippen LogP) is 4.18. The van der Waals surface area contributed by atoms with E-state index in [1.807, 2.05) is 0 Å². The summed E-state index contributed by atoms with van der Waals surface area (Å²) in [5, 5.41) is 3.77. The summed E-state index contributed by atoms with van der Waals surface area (Å²) < 4.78 is 67.3. The van der Waals surface area contributed by atoms with Crippen molar-refractivity contribution in [3.8, 4) is 0 Å². The van der Waals surface area contributed by atoms with Gasteiger partial charge in [0.05, 0.1) is 27.7 Å². The molecule has 0 atom stereocenters. The van der Waals surface area contributed by atoms with E-state index in [-0.39, 0.29) is 6.54 Å². The van der Waals surface area contributed by atoms with E-state index in [9.17, 15) is 21.6 Å². The third-order valence-corrected chi connectivity index (χ3v) is 6.29. The largest absolute Gasteiger partial charge is 0.417 e. The fourth-order valence-corrected chi connectivity index (χ4v) is 4.02. The van der Waals surface area contributed by atoms with Crippen molar-refractivity contribution < 1.29 is 21.6 Å². The van der Waals surface area contributed by atoms with Crippen LogP contribution in [0.25, 0.3) is 0 Å². The first-order valence-electron chi connectivity index (χ1n) is 7.86. The van der Waals surface area contributed by atoms with E-state index in [1.54, 1.807) is 24.6 Å². The number of hydrogen-bond acceptors (Lipinski definition) is 3. The Hall–Kier alpha value is -1.84. The Bertz CT molecular complexity index is 969. The molecule has 10 heteroatoms. The van der Waals surface area contributed by atoms with Crippen LogP contribution in [0.1, 0.15) is 22.5 Å². The number of sulfonamides is 1. The zero-order valence-corrected chi connectivity index (χ0v) is 16.6. The molecular weight excluding hydrogens is 403 g/mol. The highest BCUT2D eigenvalue weighted by molar-refractivity contribution is 7.89. The minimum absolute atomic E-state index is 0.0267. The Morgan fingerprint density at radius 2 is 1.96 bits per heavy atom. The second-order valence-corrected chi connectivity index (χ2v) is 8.47. The lowest BCUT2D eigenvalue weighted by atomic mass is 10.2. The maximum Gasteiger partial charge on any atom is 0.417 e. The molecule has 0 bridgehead atoms. The smallest absolute Gasteiger partial charge is 0.265 e. The lowest BCUT2D eigenvalue weighted by Crippen LogP contribution is -2.27. The van der Waals surface area contributed by atoms with Gasteiger partial charge in [-0.3, -0.25) is 4.68 Å². The van der Waals surface area contributed by atoms with Crippen LogP contribution in [-0.2, 0) is 29.3 Å². The summed E-state index contributed by atoms with van der Waals surface area (Å²) in [7, 11) is -2.85. The van der Waals surface area contributed by atoms with Crippen LogP contribution in [0.5, 0.6) is 0 Å². The summed E-state index contributed by atoms with van der Waals surface area (Å²) in [6, 6.07) is 2.54. The van der Waals surface area contributed by atoms with Crippen molar-refractivity contribution >= 4 is 21.6 Å². The highest BCUT2D eigenvalue weighted by Gasteiger charge is 2.35. The molecule has 0 fully saturated rings. The van der Waals surface area contributed by atoms with Gasteiger partial charge < -0.3 is 0 Å². The van der Waals surface area contributed by atoms with Crippen LogP contribution in [-0.4, -0.2) is 29.6 Å². The Balaban J connectivity index is 2.39. The molecule has 2 aromatic rings. The van der Waals surface area contributed by atoms with E-state index in [0.717, 1.165) is 22.1 Å². The van der Waals surface area contributed by atoms with Crippen LogP contribution < -0.4 is 0 Å². The van der Waals surface area contributed by atoms with Gasteiger partial charge in [-0.2, -0.15) is 22.6 Å². The van der Waals surface area contributed by atoms with Gasteiger partial charge in [0.2, 0.25) is 10.0 Å². The summed E-state index contributed by atoms with van der Waals surface area (Å²) in [4.78, 5) is -0.476. The highest BCUT2D eigenvalue weighted by atomic mass is 35.5. The minimum Gasteiger partial charge on any atom is -0.265 e. The number of aryl methyl sites for hydroxylation is 1. The molecule has 2 rings (SSSR count). The SMILES string of the molecule is C=CCn1nc(C)c(CN(C)S(=O)(=O)c2ccc(Cl)c(C(F)(F)F)c2)c1C. The molecule has 0 aliphatic carbocycles. The molecule has 0 unspecified atom stereocenters. The van der Waals surface area contributed by atoms with E-state index < -0.39 is 31.7 Å². The number of allylic oxidation sites excluding steroid dienone is 1. The van der Waals surface area contributed by atoms with Gasteiger partial charge >= 0.3 is 6.18 Å². The van der Waals surface area contributed by atoms with E-state index in [4.69, 9.17) is 11.6 Å². The standard InChI is InChI=1S/C17H19ClF3N3O2S/c1-5-8-24-12(3)14(11(2)22-24)10-23(4)27(25,26)13-6-7-16(18)15(9-13)17(19,20)21/h5-7,9H,1,8,10H2,2-4H3. The van der Waals surface area contributed by atoms with E-state index in [2.05, 4.69) is 11.7 Å². The molecule has 1 aromatic carbocycles. The maximum atomic E-state index is 13.0. The summed E-state index contributed by atoms with van der Waals surface area (Å²) in [6.07, 6.45) is -3.09. The Morgan fingerprint density at radius 3 is 2.52 bits per heavy atom. The number of aromatic nitrogens is 2. The third kappa shape index (κ3) is 4.36. The Kier molecular flexibility index (Phi) is 6.08. The summed E-state index contributed by atoms with van der Waals surface area (Å²) >= 11 is 5.57. The van der Waals surface area contributed by atoms with Crippen molar-refractivity contribution in [3.05, 3.63) is 58.4 Å². The first kappa shape index (κ1) is 21.5. The number of hydrogen-bond donors (Lipinski definition) is 0. The van der Waals surface area contributed by atoms with Crippen LogP contribution >= 0.6 is 11.6 Å². The molecule has 0 aliphatic rings. The van der Waals surface area contributed by atoms with Gasteiger partial charge in [-0.1, -0.05) is 17.7 Å². The van der Waals surface area contributed by atoms with Gasteiger partial charge in [-0.05, 0) is 32.0 Å². The van der Waals surface area contributed by atoms with Gasteiger partial charge in [-0.15, -0.1) is 6.58 Å². The zero-order chi connectivity index (χ0) is 20.6. The first-order valence-corrected chi connectivity index (χ1v) is 9.68. The number of benzene rings is 1. The second-order valence-electron chi connectivity index (χ2n) is 6.02. The van der Waals surface area contributed by atoms with Crippen molar-refractivity contribution in [3.63, 3.8) is 0 Å². The van der Waals surface area contributed by atoms with Crippen molar-refractivity contribution in [2.45, 2.75) is 38.0 Å². The molecule has 0 saturated heterocycles. The molecule has 0 amide bonds. The topological polar surface area (TPSA) is 55.2 Å². The summed E-state index contributed by atoms with van der Waals surface area (Å²) in [5.74, 6) is 0. The Morgan fingerprint density at radius 1 is 1.33 bits per heavy atom. The fourth-order valence-electron chi connectivity index (χ4n) is 2.63. The van der Waals surface area contributed by atoms with E-state index in [0.29, 0.717) is 23.9 Å². The molecular formula is C17H19ClF3N3O2S. The maximum absolute atomic E-state index is 13.0. The highest BCUT2D eigenvalue weighted by Crippen LogP contribution is 2.36. The predicted molar refractivity (Wildman–Crippen MR) is 97.0 cm³/mol. The first-order chi connectivity index (χ1) is 12.4. The lowest BCUT2D eigenvalue weighted by molar-refractivity contribution is -0.137. The van der Waals surface area contributed by atoms with Crippen molar-refractivity contribution in [2.75, 3.05) is 7.05 Å². The third-order valence-electron chi connectivity index (χ3n) is 4.17. The van der Waals surface area contributed by atoms with Gasteiger partial charge in [0, 0.05) is 24.8 Å². The molecule has 0 radical (unpaired) electrons. The number of nitrogens with zero attached hydrogens (tertiary/aromatic N) is 3.